The third-order valence-electron chi connectivity index (χ3n) is 3.42. The van der Waals surface area contributed by atoms with Gasteiger partial charge in [0.1, 0.15) is 0 Å². The maximum absolute atomic E-state index is 11.6. The molecule has 4 rings (SSSR count). The fraction of sp³-hybridized carbons (Fsp3) is 0.0625. The average Bonchev–Trinajstić information content (AvgIpc) is 3.15. The number of hydrogen-bond donors (Lipinski definition) is 2. The van der Waals surface area contributed by atoms with Crippen molar-refractivity contribution in [1.29, 1.82) is 0 Å². The fourth-order valence-corrected chi connectivity index (χ4v) is 3.21. The number of benzene rings is 2. The molecule has 0 aliphatic heterocycles. The van der Waals surface area contributed by atoms with Gasteiger partial charge in [-0.15, -0.1) is 0 Å². The summed E-state index contributed by atoms with van der Waals surface area (Å²) in [5, 5.41) is 3.93. The van der Waals surface area contributed by atoms with Crippen molar-refractivity contribution >= 4 is 49.6 Å². The van der Waals surface area contributed by atoms with Crippen LogP contribution in [0.3, 0.4) is 0 Å². The van der Waals surface area contributed by atoms with Crippen LogP contribution in [0, 0.1) is 0 Å². The molecule has 0 aliphatic carbocycles. The van der Waals surface area contributed by atoms with Crippen LogP contribution in [0.2, 0.25) is 0 Å². The van der Waals surface area contributed by atoms with E-state index in [1.54, 1.807) is 29.5 Å². The number of anilines is 2. The predicted octanol–water partition coefficient (Wildman–Crippen LogP) is 3.70. The molecule has 0 saturated heterocycles. The number of H-pyrrole nitrogens is 1. The third kappa shape index (κ3) is 2.51. The Morgan fingerprint density at radius 2 is 2.04 bits per heavy atom. The number of imidazole rings is 1. The number of esters is 1. The minimum absolute atomic E-state index is 0.373. The highest BCUT2D eigenvalue weighted by Crippen LogP contribution is 2.28. The molecule has 0 amide bonds. The Hall–Kier alpha value is -2.93. The molecule has 0 saturated carbocycles. The molecule has 0 spiro atoms. The van der Waals surface area contributed by atoms with Crippen molar-refractivity contribution in [3.63, 3.8) is 0 Å². The molecule has 114 valence electrons. The zero-order valence-corrected chi connectivity index (χ0v) is 13.0. The van der Waals surface area contributed by atoms with Gasteiger partial charge in [0.05, 0.1) is 33.9 Å². The van der Waals surface area contributed by atoms with Gasteiger partial charge in [-0.2, -0.15) is 0 Å². The number of aromatic nitrogens is 3. The second kappa shape index (κ2) is 5.36. The van der Waals surface area contributed by atoms with E-state index in [0.29, 0.717) is 11.5 Å². The van der Waals surface area contributed by atoms with Crippen molar-refractivity contribution in [1.82, 2.24) is 15.0 Å². The van der Waals surface area contributed by atoms with E-state index in [0.717, 1.165) is 26.4 Å². The first-order valence-corrected chi connectivity index (χ1v) is 7.75. The van der Waals surface area contributed by atoms with Gasteiger partial charge in [-0.3, -0.25) is 0 Å². The lowest BCUT2D eigenvalue weighted by Crippen LogP contribution is -2.00. The molecule has 0 fully saturated rings. The summed E-state index contributed by atoms with van der Waals surface area (Å²) in [6.07, 6.45) is 0. The second-order valence-corrected chi connectivity index (χ2v) is 5.95. The van der Waals surface area contributed by atoms with Crippen molar-refractivity contribution in [2.45, 2.75) is 0 Å². The summed E-state index contributed by atoms with van der Waals surface area (Å²) in [7, 11) is 1.36. The van der Waals surface area contributed by atoms with E-state index in [9.17, 15) is 4.79 Å². The van der Waals surface area contributed by atoms with Crippen LogP contribution in [0.25, 0.3) is 21.3 Å². The van der Waals surface area contributed by atoms with Gasteiger partial charge in [0, 0.05) is 0 Å². The van der Waals surface area contributed by atoms with E-state index in [4.69, 9.17) is 4.74 Å². The first kappa shape index (κ1) is 13.7. The highest BCUT2D eigenvalue weighted by Gasteiger charge is 2.10. The van der Waals surface area contributed by atoms with Crippen molar-refractivity contribution in [2.75, 3.05) is 12.4 Å². The Labute approximate surface area is 135 Å². The van der Waals surface area contributed by atoms with Gasteiger partial charge in [-0.05, 0) is 30.3 Å². The summed E-state index contributed by atoms with van der Waals surface area (Å²) < 4.78 is 5.83. The summed E-state index contributed by atoms with van der Waals surface area (Å²) >= 11 is 1.56. The van der Waals surface area contributed by atoms with Crippen LogP contribution in [0.5, 0.6) is 0 Å². The third-order valence-corrected chi connectivity index (χ3v) is 4.37. The summed E-state index contributed by atoms with van der Waals surface area (Å²) in [6.45, 7) is 0. The fourth-order valence-electron chi connectivity index (χ4n) is 2.34. The monoisotopic (exact) mass is 324 g/mol. The largest absolute Gasteiger partial charge is 0.465 e. The van der Waals surface area contributed by atoms with Crippen LogP contribution in [0.15, 0.2) is 42.5 Å². The number of ether oxygens (including phenoxy) is 1. The quantitative estimate of drug-likeness (QED) is 0.562. The number of rotatable bonds is 3. The smallest absolute Gasteiger partial charge is 0.337 e. The molecule has 2 aromatic carbocycles. The standard InChI is InChI=1S/C16H12N4O2S/c1-22-14(21)9-6-7-10-12(8-9)18-15(17-10)20-16-19-11-4-2-3-5-13(11)23-16/h2-8H,1H3,(H2,17,18,19,20). The second-order valence-electron chi connectivity index (χ2n) is 4.92. The van der Waals surface area contributed by atoms with Crippen LogP contribution in [-0.4, -0.2) is 28.0 Å². The highest BCUT2D eigenvalue weighted by atomic mass is 32.1. The van der Waals surface area contributed by atoms with Gasteiger partial charge in [0.25, 0.3) is 0 Å². The minimum atomic E-state index is -0.373. The Bertz CT molecular complexity index is 988. The first-order chi connectivity index (χ1) is 11.2. The molecular weight excluding hydrogens is 312 g/mol. The predicted molar refractivity (Wildman–Crippen MR) is 90.3 cm³/mol. The van der Waals surface area contributed by atoms with E-state index < -0.39 is 0 Å². The van der Waals surface area contributed by atoms with Crippen LogP contribution >= 0.6 is 11.3 Å². The summed E-state index contributed by atoms with van der Waals surface area (Å²) in [5.41, 5.74) is 2.96. The summed E-state index contributed by atoms with van der Waals surface area (Å²) in [5.74, 6) is 0.211. The number of methoxy groups -OCH3 is 1. The van der Waals surface area contributed by atoms with Gasteiger partial charge in [-0.1, -0.05) is 23.5 Å². The zero-order chi connectivity index (χ0) is 15.8. The molecule has 0 atom stereocenters. The van der Waals surface area contributed by atoms with Crippen molar-refractivity contribution in [3.8, 4) is 0 Å². The van der Waals surface area contributed by atoms with Crippen molar-refractivity contribution < 1.29 is 9.53 Å². The molecule has 2 aromatic heterocycles. The van der Waals surface area contributed by atoms with E-state index in [1.165, 1.54) is 7.11 Å². The van der Waals surface area contributed by atoms with Crippen molar-refractivity contribution in [3.05, 3.63) is 48.0 Å². The van der Waals surface area contributed by atoms with Gasteiger partial charge in [0.15, 0.2) is 5.13 Å². The molecule has 0 radical (unpaired) electrons. The average molecular weight is 324 g/mol. The molecule has 0 bridgehead atoms. The van der Waals surface area contributed by atoms with Gasteiger partial charge >= 0.3 is 5.97 Å². The number of fused-ring (bicyclic) bond motifs is 2. The molecule has 7 heteroatoms. The number of carbonyl (C=O) groups excluding carboxylic acids is 1. The topological polar surface area (TPSA) is 79.9 Å². The molecule has 2 heterocycles. The number of carbonyl (C=O) groups is 1. The normalized spacial score (nSPS) is 11.0. The van der Waals surface area contributed by atoms with E-state index in [-0.39, 0.29) is 5.97 Å². The van der Waals surface area contributed by atoms with Crippen molar-refractivity contribution in [2.24, 2.45) is 0 Å². The maximum Gasteiger partial charge on any atom is 0.337 e. The first-order valence-electron chi connectivity index (χ1n) is 6.93. The number of aromatic amines is 1. The number of thiazole rings is 1. The molecule has 0 aliphatic rings. The van der Waals surface area contributed by atoms with Crippen LogP contribution in [0.4, 0.5) is 11.1 Å². The number of para-hydroxylation sites is 1. The maximum atomic E-state index is 11.6. The lowest BCUT2D eigenvalue weighted by atomic mass is 10.2. The number of nitrogens with one attached hydrogen (secondary N) is 2. The van der Waals surface area contributed by atoms with Crippen LogP contribution in [0.1, 0.15) is 10.4 Å². The minimum Gasteiger partial charge on any atom is -0.465 e. The molecule has 0 unspecified atom stereocenters. The van der Waals surface area contributed by atoms with Crippen LogP contribution < -0.4 is 5.32 Å². The van der Waals surface area contributed by atoms with Crippen LogP contribution in [-0.2, 0) is 4.74 Å². The van der Waals surface area contributed by atoms with Gasteiger partial charge in [0.2, 0.25) is 5.95 Å². The Kier molecular flexibility index (Phi) is 3.20. The Morgan fingerprint density at radius 3 is 2.87 bits per heavy atom. The number of hydrogen-bond acceptors (Lipinski definition) is 6. The Morgan fingerprint density at radius 1 is 1.17 bits per heavy atom. The van der Waals surface area contributed by atoms with Gasteiger partial charge in [-0.25, -0.2) is 14.8 Å². The summed E-state index contributed by atoms with van der Waals surface area (Å²) in [4.78, 5) is 23.7. The lowest BCUT2D eigenvalue weighted by molar-refractivity contribution is 0.0601. The molecular formula is C16H12N4O2S. The molecule has 4 aromatic rings. The van der Waals surface area contributed by atoms with E-state index >= 15 is 0 Å². The number of nitrogens with zero attached hydrogens (tertiary/aromatic N) is 2. The lowest BCUT2D eigenvalue weighted by Gasteiger charge is -1.97. The molecule has 23 heavy (non-hydrogen) atoms. The highest BCUT2D eigenvalue weighted by molar-refractivity contribution is 7.22. The molecule has 2 N–H and O–H groups in total. The zero-order valence-electron chi connectivity index (χ0n) is 12.2. The SMILES string of the molecule is COC(=O)c1ccc2nc(Nc3nc4ccccc4s3)[nH]c2c1. The Balaban J connectivity index is 1.67. The summed E-state index contributed by atoms with van der Waals surface area (Å²) in [6, 6.07) is 13.1. The van der Waals surface area contributed by atoms with Gasteiger partial charge < -0.3 is 15.0 Å². The van der Waals surface area contributed by atoms with E-state index in [2.05, 4.69) is 20.3 Å². The molecule has 6 nitrogen and oxygen atoms in total. The van der Waals surface area contributed by atoms with E-state index in [1.807, 2.05) is 24.3 Å².